The number of sulfonamides is 2. The fraction of sp³-hybridized carbons (Fsp3) is 0.455. The van der Waals surface area contributed by atoms with E-state index in [4.69, 9.17) is 9.47 Å². The standard InChI is InChI=1S/C22H31N3O6S2/c1-5-24(6-2)33(28,29)20-11-12-22(31-4)21(17-20)23-13-15-25(16-14-23)32(26,27)19-9-7-18(30-3)8-10-19/h7-12,17H,5-6,13-16H2,1-4H3. The predicted octanol–water partition coefficient (Wildman–Crippen LogP) is 2.25. The van der Waals surface area contributed by atoms with Crippen molar-refractivity contribution in [3.8, 4) is 11.5 Å². The van der Waals surface area contributed by atoms with E-state index in [1.165, 1.54) is 35.0 Å². The van der Waals surface area contributed by atoms with Gasteiger partial charge in [-0.2, -0.15) is 8.61 Å². The van der Waals surface area contributed by atoms with Crippen LogP contribution in [-0.4, -0.2) is 78.9 Å². The number of benzene rings is 2. The third-order valence-electron chi connectivity index (χ3n) is 5.77. The van der Waals surface area contributed by atoms with E-state index in [-0.39, 0.29) is 22.9 Å². The molecule has 0 aliphatic carbocycles. The summed E-state index contributed by atoms with van der Waals surface area (Å²) < 4.78 is 65.5. The first kappa shape index (κ1) is 25.3. The lowest BCUT2D eigenvalue weighted by Gasteiger charge is -2.36. The zero-order valence-corrected chi connectivity index (χ0v) is 21.0. The number of anilines is 1. The maximum atomic E-state index is 13.0. The van der Waals surface area contributed by atoms with Gasteiger partial charge in [-0.1, -0.05) is 13.8 Å². The zero-order chi connectivity index (χ0) is 24.2. The smallest absolute Gasteiger partial charge is 0.243 e. The highest BCUT2D eigenvalue weighted by Gasteiger charge is 2.30. The summed E-state index contributed by atoms with van der Waals surface area (Å²) in [6.07, 6.45) is 0. The normalized spacial score (nSPS) is 15.6. The van der Waals surface area contributed by atoms with Gasteiger partial charge in [0.2, 0.25) is 20.0 Å². The molecule has 182 valence electrons. The van der Waals surface area contributed by atoms with Crippen molar-refractivity contribution in [1.29, 1.82) is 0 Å². The number of nitrogens with zero attached hydrogens (tertiary/aromatic N) is 3. The maximum absolute atomic E-state index is 13.0. The molecule has 0 amide bonds. The predicted molar refractivity (Wildman–Crippen MR) is 127 cm³/mol. The summed E-state index contributed by atoms with van der Waals surface area (Å²) >= 11 is 0. The second-order valence-electron chi connectivity index (χ2n) is 7.49. The van der Waals surface area contributed by atoms with Crippen molar-refractivity contribution in [2.24, 2.45) is 0 Å². The highest BCUT2D eigenvalue weighted by Crippen LogP contribution is 2.33. The summed E-state index contributed by atoms with van der Waals surface area (Å²) in [6, 6.07) is 11.1. The lowest BCUT2D eigenvalue weighted by molar-refractivity contribution is 0.378. The molecule has 0 atom stereocenters. The summed E-state index contributed by atoms with van der Waals surface area (Å²) in [7, 11) is -4.21. The van der Waals surface area contributed by atoms with E-state index in [0.717, 1.165) is 0 Å². The molecule has 1 saturated heterocycles. The fourth-order valence-corrected chi connectivity index (χ4v) is 6.76. The van der Waals surface area contributed by atoms with Gasteiger partial charge in [0.25, 0.3) is 0 Å². The third kappa shape index (κ3) is 5.11. The summed E-state index contributed by atoms with van der Waals surface area (Å²) in [5, 5.41) is 0. The number of ether oxygens (including phenoxy) is 2. The molecule has 0 saturated carbocycles. The van der Waals surface area contributed by atoms with Crippen molar-refractivity contribution in [2.75, 3.05) is 58.4 Å². The fourth-order valence-electron chi connectivity index (χ4n) is 3.86. The molecule has 1 aliphatic rings. The minimum absolute atomic E-state index is 0.190. The summed E-state index contributed by atoms with van der Waals surface area (Å²) in [5.74, 6) is 1.13. The third-order valence-corrected chi connectivity index (χ3v) is 9.73. The summed E-state index contributed by atoms with van der Waals surface area (Å²) in [5.41, 5.74) is 0.632. The quantitative estimate of drug-likeness (QED) is 0.524. The number of rotatable bonds is 9. The van der Waals surface area contributed by atoms with Crippen molar-refractivity contribution in [3.05, 3.63) is 42.5 Å². The van der Waals surface area contributed by atoms with Crippen molar-refractivity contribution >= 4 is 25.7 Å². The van der Waals surface area contributed by atoms with E-state index in [2.05, 4.69) is 0 Å². The van der Waals surface area contributed by atoms with E-state index in [0.29, 0.717) is 43.4 Å². The average Bonchev–Trinajstić information content (AvgIpc) is 2.84. The number of hydrogen-bond acceptors (Lipinski definition) is 7. The van der Waals surface area contributed by atoms with Crippen LogP contribution in [0.3, 0.4) is 0 Å². The molecule has 2 aromatic rings. The Bertz CT molecular complexity index is 1160. The molecule has 1 aliphatic heterocycles. The molecule has 0 radical (unpaired) electrons. The van der Waals surface area contributed by atoms with E-state index in [1.807, 2.05) is 4.90 Å². The molecule has 11 heteroatoms. The van der Waals surface area contributed by atoms with Gasteiger partial charge in [-0.15, -0.1) is 0 Å². The summed E-state index contributed by atoms with van der Waals surface area (Å²) in [6.45, 7) is 5.70. The molecule has 0 aromatic heterocycles. The Morgan fingerprint density at radius 1 is 0.818 bits per heavy atom. The Balaban J connectivity index is 1.82. The highest BCUT2D eigenvalue weighted by molar-refractivity contribution is 7.89. The molecule has 0 bridgehead atoms. The zero-order valence-electron chi connectivity index (χ0n) is 19.4. The Hall–Kier alpha value is -2.34. The van der Waals surface area contributed by atoms with Gasteiger partial charge in [0.05, 0.1) is 29.7 Å². The minimum atomic E-state index is -3.64. The SMILES string of the molecule is CCN(CC)S(=O)(=O)c1ccc(OC)c(N2CCN(S(=O)(=O)c3ccc(OC)cc3)CC2)c1. The van der Waals surface area contributed by atoms with Crippen LogP contribution < -0.4 is 14.4 Å². The monoisotopic (exact) mass is 497 g/mol. The van der Waals surface area contributed by atoms with Gasteiger partial charge >= 0.3 is 0 Å². The lowest BCUT2D eigenvalue weighted by Crippen LogP contribution is -2.48. The highest BCUT2D eigenvalue weighted by atomic mass is 32.2. The van der Waals surface area contributed by atoms with E-state index in [9.17, 15) is 16.8 Å². The molecule has 1 fully saturated rings. The van der Waals surface area contributed by atoms with Crippen LogP contribution in [-0.2, 0) is 20.0 Å². The van der Waals surface area contributed by atoms with Crippen LogP contribution >= 0.6 is 0 Å². The van der Waals surface area contributed by atoms with Crippen LogP contribution in [0.2, 0.25) is 0 Å². The van der Waals surface area contributed by atoms with Crippen molar-refractivity contribution in [2.45, 2.75) is 23.6 Å². The van der Waals surface area contributed by atoms with Gasteiger partial charge in [0, 0.05) is 39.3 Å². The van der Waals surface area contributed by atoms with Crippen LogP contribution in [0.4, 0.5) is 5.69 Å². The van der Waals surface area contributed by atoms with Crippen LogP contribution in [0.25, 0.3) is 0 Å². The molecule has 1 heterocycles. The van der Waals surface area contributed by atoms with Gasteiger partial charge < -0.3 is 14.4 Å². The van der Waals surface area contributed by atoms with E-state index < -0.39 is 20.0 Å². The topological polar surface area (TPSA) is 96.5 Å². The summed E-state index contributed by atoms with van der Waals surface area (Å²) in [4.78, 5) is 2.36. The second-order valence-corrected chi connectivity index (χ2v) is 11.4. The molecule has 2 aromatic carbocycles. The Kier molecular flexibility index (Phi) is 7.88. The van der Waals surface area contributed by atoms with Gasteiger partial charge in [-0.3, -0.25) is 0 Å². The second kappa shape index (κ2) is 10.3. The molecule has 33 heavy (non-hydrogen) atoms. The van der Waals surface area contributed by atoms with Crippen molar-refractivity contribution in [3.63, 3.8) is 0 Å². The first-order valence-electron chi connectivity index (χ1n) is 10.8. The molecular weight excluding hydrogens is 466 g/mol. The lowest BCUT2D eigenvalue weighted by atomic mass is 10.2. The van der Waals surface area contributed by atoms with Crippen LogP contribution in [0.15, 0.2) is 52.3 Å². The largest absolute Gasteiger partial charge is 0.497 e. The van der Waals surface area contributed by atoms with Crippen LogP contribution in [0.1, 0.15) is 13.8 Å². The van der Waals surface area contributed by atoms with Crippen molar-refractivity contribution in [1.82, 2.24) is 8.61 Å². The van der Waals surface area contributed by atoms with Crippen LogP contribution in [0.5, 0.6) is 11.5 Å². The van der Waals surface area contributed by atoms with E-state index >= 15 is 0 Å². The van der Waals surface area contributed by atoms with Crippen LogP contribution in [0, 0.1) is 0 Å². The maximum Gasteiger partial charge on any atom is 0.243 e. The number of methoxy groups -OCH3 is 2. The van der Waals surface area contributed by atoms with Crippen molar-refractivity contribution < 1.29 is 26.3 Å². The molecule has 0 N–H and O–H groups in total. The average molecular weight is 498 g/mol. The Labute approximate surface area is 196 Å². The first-order valence-corrected chi connectivity index (χ1v) is 13.6. The van der Waals surface area contributed by atoms with Gasteiger partial charge in [0.1, 0.15) is 11.5 Å². The van der Waals surface area contributed by atoms with E-state index in [1.54, 1.807) is 44.2 Å². The Morgan fingerprint density at radius 2 is 1.39 bits per heavy atom. The molecule has 0 unspecified atom stereocenters. The van der Waals surface area contributed by atoms with Gasteiger partial charge in [-0.05, 0) is 42.5 Å². The molecule has 0 spiro atoms. The minimum Gasteiger partial charge on any atom is -0.497 e. The number of hydrogen-bond donors (Lipinski definition) is 0. The Morgan fingerprint density at radius 3 is 1.91 bits per heavy atom. The van der Waals surface area contributed by atoms with Gasteiger partial charge in [-0.25, -0.2) is 16.8 Å². The first-order chi connectivity index (χ1) is 15.7. The molecule has 3 rings (SSSR count). The molecular formula is C22H31N3O6S2. The number of piperazine rings is 1. The van der Waals surface area contributed by atoms with Gasteiger partial charge in [0.15, 0.2) is 0 Å². The molecule has 9 nitrogen and oxygen atoms in total.